The molecule has 24 heavy (non-hydrogen) atoms. The molecule has 126 valence electrons. The summed E-state index contributed by atoms with van der Waals surface area (Å²) in [6.45, 7) is 8.79. The summed E-state index contributed by atoms with van der Waals surface area (Å²) in [7, 11) is 0. The van der Waals surface area contributed by atoms with Crippen LogP contribution >= 0.6 is 11.3 Å². The first-order chi connectivity index (χ1) is 11.6. The molecule has 0 amide bonds. The first kappa shape index (κ1) is 17.1. The first-order valence-electron chi connectivity index (χ1n) is 8.44. The fraction of sp³-hybridized carbons (Fsp3) is 0.350. The van der Waals surface area contributed by atoms with Crippen LogP contribution in [0.25, 0.3) is 20.2 Å². The lowest BCUT2D eigenvalue weighted by Gasteiger charge is -2.26. The maximum absolute atomic E-state index is 12.7. The van der Waals surface area contributed by atoms with Crippen molar-refractivity contribution >= 4 is 31.5 Å². The van der Waals surface area contributed by atoms with E-state index in [9.17, 15) is 4.79 Å². The molecule has 0 fully saturated rings. The Labute approximate surface area is 146 Å². The van der Waals surface area contributed by atoms with Gasteiger partial charge in [-0.2, -0.15) is 0 Å². The largest absolute Gasteiger partial charge is 0.359 e. The molecule has 0 saturated carbocycles. The molecule has 3 aromatic rings. The van der Waals surface area contributed by atoms with Crippen molar-refractivity contribution in [3.8, 4) is 0 Å². The second kappa shape index (κ2) is 7.43. The van der Waals surface area contributed by atoms with E-state index in [4.69, 9.17) is 4.74 Å². The minimum Gasteiger partial charge on any atom is -0.359 e. The highest BCUT2D eigenvalue weighted by Crippen LogP contribution is 2.25. The van der Waals surface area contributed by atoms with Crippen LogP contribution in [0.2, 0.25) is 0 Å². The summed E-state index contributed by atoms with van der Waals surface area (Å²) in [6.07, 6.45) is 0.0711. The summed E-state index contributed by atoms with van der Waals surface area (Å²) >= 11 is 1.66. The van der Waals surface area contributed by atoms with Gasteiger partial charge in [0.05, 0.1) is 6.61 Å². The molecule has 0 spiro atoms. The van der Waals surface area contributed by atoms with Crippen molar-refractivity contribution < 1.29 is 4.74 Å². The van der Waals surface area contributed by atoms with E-state index in [2.05, 4.69) is 31.7 Å². The Morgan fingerprint density at radius 2 is 1.75 bits per heavy atom. The van der Waals surface area contributed by atoms with Crippen LogP contribution < -0.4 is 5.43 Å². The number of hydrogen-bond donors (Lipinski definition) is 0. The lowest BCUT2D eigenvalue weighted by molar-refractivity contribution is -0.0520. The van der Waals surface area contributed by atoms with Crippen molar-refractivity contribution in [3.63, 3.8) is 0 Å². The van der Waals surface area contributed by atoms with Gasteiger partial charge in [-0.25, -0.2) is 0 Å². The van der Waals surface area contributed by atoms with Crippen LogP contribution in [0.4, 0.5) is 0 Å². The van der Waals surface area contributed by atoms with Crippen LogP contribution in [-0.4, -0.2) is 24.2 Å². The van der Waals surface area contributed by atoms with Crippen LogP contribution in [0.15, 0.2) is 47.3 Å². The summed E-state index contributed by atoms with van der Waals surface area (Å²) in [5.74, 6) is 0. The van der Waals surface area contributed by atoms with E-state index >= 15 is 0 Å². The maximum atomic E-state index is 12.7. The van der Waals surface area contributed by atoms with Gasteiger partial charge in [0.25, 0.3) is 0 Å². The summed E-state index contributed by atoms with van der Waals surface area (Å²) in [6, 6.07) is 13.9. The maximum Gasteiger partial charge on any atom is 0.195 e. The monoisotopic (exact) mass is 341 g/mol. The topological polar surface area (TPSA) is 29.5 Å². The van der Waals surface area contributed by atoms with Crippen LogP contribution in [0.3, 0.4) is 0 Å². The van der Waals surface area contributed by atoms with E-state index in [0.29, 0.717) is 6.61 Å². The van der Waals surface area contributed by atoms with E-state index in [0.717, 1.165) is 38.8 Å². The van der Waals surface area contributed by atoms with Crippen LogP contribution in [0.1, 0.15) is 26.3 Å². The summed E-state index contributed by atoms with van der Waals surface area (Å²) in [4.78, 5) is 15.0. The third-order valence-electron chi connectivity index (χ3n) is 4.46. The Hall–Kier alpha value is -1.75. The van der Waals surface area contributed by atoms with Crippen molar-refractivity contribution in [1.29, 1.82) is 0 Å². The van der Waals surface area contributed by atoms with Crippen molar-refractivity contribution in [1.82, 2.24) is 4.90 Å². The van der Waals surface area contributed by atoms with E-state index in [1.54, 1.807) is 11.3 Å². The third kappa shape index (κ3) is 3.36. The second-order valence-electron chi connectivity index (χ2n) is 5.89. The number of ether oxygens (including phenoxy) is 1. The number of benzene rings is 2. The molecule has 1 unspecified atom stereocenters. The predicted octanol–water partition coefficient (Wildman–Crippen LogP) is 4.62. The van der Waals surface area contributed by atoms with Gasteiger partial charge in [0.1, 0.15) is 6.23 Å². The van der Waals surface area contributed by atoms with E-state index in [1.165, 1.54) is 0 Å². The highest BCUT2D eigenvalue weighted by atomic mass is 32.1. The number of hydrogen-bond acceptors (Lipinski definition) is 4. The molecule has 0 radical (unpaired) electrons. The Morgan fingerprint density at radius 1 is 1.04 bits per heavy atom. The van der Waals surface area contributed by atoms with Crippen LogP contribution in [0, 0.1) is 0 Å². The van der Waals surface area contributed by atoms with Gasteiger partial charge in [-0.3, -0.25) is 9.69 Å². The number of nitrogens with zero attached hydrogens (tertiary/aromatic N) is 1. The fourth-order valence-electron chi connectivity index (χ4n) is 3.00. The molecule has 3 nitrogen and oxygen atoms in total. The van der Waals surface area contributed by atoms with Crippen molar-refractivity contribution in [3.05, 3.63) is 58.3 Å². The number of fused-ring (bicyclic) bond motifs is 2. The molecular weight excluding hydrogens is 318 g/mol. The Morgan fingerprint density at radius 3 is 2.50 bits per heavy atom. The quantitative estimate of drug-likeness (QED) is 0.484. The zero-order valence-corrected chi connectivity index (χ0v) is 15.2. The van der Waals surface area contributed by atoms with E-state index in [-0.39, 0.29) is 11.7 Å². The molecule has 0 aliphatic carbocycles. The van der Waals surface area contributed by atoms with Gasteiger partial charge < -0.3 is 4.74 Å². The van der Waals surface area contributed by atoms with Gasteiger partial charge in [0, 0.05) is 20.2 Å². The molecule has 0 saturated heterocycles. The van der Waals surface area contributed by atoms with Crippen molar-refractivity contribution in [2.75, 3.05) is 13.1 Å². The minimum absolute atomic E-state index is 0.0711. The molecule has 0 aliphatic rings. The molecule has 3 rings (SSSR count). The van der Waals surface area contributed by atoms with Crippen molar-refractivity contribution in [2.24, 2.45) is 0 Å². The molecular formula is C20H23NO2S. The average molecular weight is 341 g/mol. The second-order valence-corrected chi connectivity index (χ2v) is 6.97. The van der Waals surface area contributed by atoms with Gasteiger partial charge in [-0.15, -0.1) is 11.3 Å². The molecule has 4 heteroatoms. The normalized spacial score (nSPS) is 13.0. The molecule has 1 heterocycles. The average Bonchev–Trinajstić information content (AvgIpc) is 2.61. The predicted molar refractivity (Wildman–Crippen MR) is 103 cm³/mol. The molecule has 1 atom stereocenters. The summed E-state index contributed by atoms with van der Waals surface area (Å²) < 4.78 is 8.04. The summed E-state index contributed by atoms with van der Waals surface area (Å²) in [5.41, 5.74) is 1.15. The highest BCUT2D eigenvalue weighted by Gasteiger charge is 2.11. The molecule has 2 aromatic carbocycles. The minimum atomic E-state index is 0.0711. The number of rotatable bonds is 6. The Bertz CT molecular complexity index is 899. The Kier molecular flexibility index (Phi) is 5.29. The van der Waals surface area contributed by atoms with Crippen LogP contribution in [-0.2, 0) is 11.3 Å². The van der Waals surface area contributed by atoms with E-state index < -0.39 is 0 Å². The van der Waals surface area contributed by atoms with Gasteiger partial charge in [0.15, 0.2) is 5.43 Å². The smallest absolute Gasteiger partial charge is 0.195 e. The SMILES string of the molecule is CCN(CC)C(C)OCc1ccc2sc3ccccc3c(=O)c2c1. The van der Waals surface area contributed by atoms with Gasteiger partial charge in [-0.05, 0) is 49.8 Å². The molecule has 1 aromatic heterocycles. The highest BCUT2D eigenvalue weighted by molar-refractivity contribution is 7.24. The lowest BCUT2D eigenvalue weighted by Crippen LogP contribution is -2.34. The fourth-order valence-corrected chi connectivity index (χ4v) is 4.05. The van der Waals surface area contributed by atoms with E-state index in [1.807, 2.05) is 36.4 Å². The zero-order chi connectivity index (χ0) is 17.1. The van der Waals surface area contributed by atoms with Gasteiger partial charge in [-0.1, -0.05) is 32.0 Å². The van der Waals surface area contributed by atoms with Crippen molar-refractivity contribution in [2.45, 2.75) is 33.6 Å². The molecule has 0 aliphatic heterocycles. The Balaban J connectivity index is 1.90. The first-order valence-corrected chi connectivity index (χ1v) is 9.25. The zero-order valence-electron chi connectivity index (χ0n) is 14.4. The molecule has 0 bridgehead atoms. The van der Waals surface area contributed by atoms with Gasteiger partial charge in [0.2, 0.25) is 0 Å². The van der Waals surface area contributed by atoms with Crippen LogP contribution in [0.5, 0.6) is 0 Å². The third-order valence-corrected chi connectivity index (χ3v) is 5.61. The summed E-state index contributed by atoms with van der Waals surface area (Å²) in [5, 5.41) is 1.58. The van der Waals surface area contributed by atoms with Gasteiger partial charge >= 0.3 is 0 Å². The standard InChI is InChI=1S/C20H23NO2S/c1-4-21(5-2)14(3)23-13-15-10-11-19-17(12-15)20(22)16-8-6-7-9-18(16)24-19/h6-12,14H,4-5,13H2,1-3H3. The molecule has 0 N–H and O–H groups in total. The lowest BCUT2D eigenvalue weighted by atomic mass is 10.1.